The highest BCUT2D eigenvalue weighted by molar-refractivity contribution is 5.79. The van der Waals surface area contributed by atoms with Crippen LogP contribution in [0, 0.1) is 5.92 Å². The predicted molar refractivity (Wildman–Crippen MR) is 107 cm³/mol. The van der Waals surface area contributed by atoms with Crippen LogP contribution in [0.4, 0.5) is 0 Å². The molecule has 26 heavy (non-hydrogen) atoms. The summed E-state index contributed by atoms with van der Waals surface area (Å²) in [6.07, 6.45) is 1.10. The lowest BCUT2D eigenvalue weighted by Gasteiger charge is -2.12. The zero-order valence-corrected chi connectivity index (χ0v) is 16.7. The molecule has 0 aromatic heterocycles. The second-order valence-electron chi connectivity index (χ2n) is 6.40. The highest BCUT2D eigenvalue weighted by Crippen LogP contribution is 2.12. The lowest BCUT2D eigenvalue weighted by atomic mass is 10.1. The number of rotatable bonds is 13. The van der Waals surface area contributed by atoms with E-state index in [0.29, 0.717) is 32.3 Å². The fourth-order valence-electron chi connectivity index (χ4n) is 2.11. The molecule has 0 spiro atoms. The molecule has 6 nitrogen and oxygen atoms in total. The van der Waals surface area contributed by atoms with Crippen LogP contribution in [0.25, 0.3) is 0 Å². The van der Waals surface area contributed by atoms with Crippen LogP contribution in [0.2, 0.25) is 0 Å². The summed E-state index contributed by atoms with van der Waals surface area (Å²) in [6, 6.07) is 7.99. The third-order valence-electron chi connectivity index (χ3n) is 3.62. The molecule has 0 bridgehead atoms. The summed E-state index contributed by atoms with van der Waals surface area (Å²) in [5, 5.41) is 6.55. The van der Waals surface area contributed by atoms with Gasteiger partial charge in [0.25, 0.3) is 0 Å². The third kappa shape index (κ3) is 10.9. The van der Waals surface area contributed by atoms with Crippen molar-refractivity contribution < 1.29 is 14.2 Å². The van der Waals surface area contributed by atoms with Crippen LogP contribution < -0.4 is 15.4 Å². The average Bonchev–Trinajstić information content (AvgIpc) is 2.63. The molecule has 0 amide bonds. The van der Waals surface area contributed by atoms with Gasteiger partial charge in [-0.25, -0.2) is 4.99 Å². The number of nitrogens with one attached hydrogen (secondary N) is 2. The number of hydrogen-bond acceptors (Lipinski definition) is 4. The smallest absolute Gasteiger partial charge is 0.191 e. The van der Waals surface area contributed by atoms with Gasteiger partial charge in [-0.15, -0.1) is 0 Å². The molecular formula is C20H35N3O3. The molecular weight excluding hydrogens is 330 g/mol. The zero-order chi connectivity index (χ0) is 19.0. The fourth-order valence-corrected chi connectivity index (χ4v) is 2.11. The van der Waals surface area contributed by atoms with E-state index in [-0.39, 0.29) is 0 Å². The number of methoxy groups -OCH3 is 1. The minimum atomic E-state index is 0.557. The summed E-state index contributed by atoms with van der Waals surface area (Å²) in [5.41, 5.74) is 1.13. The highest BCUT2D eigenvalue weighted by Gasteiger charge is 1.99. The Hall–Kier alpha value is -1.79. The van der Waals surface area contributed by atoms with Crippen LogP contribution in [0.1, 0.15) is 32.8 Å². The minimum absolute atomic E-state index is 0.557. The molecule has 0 radical (unpaired) electrons. The molecule has 1 aromatic rings. The number of aliphatic imine (C=N–C) groups is 1. The maximum absolute atomic E-state index is 5.62. The van der Waals surface area contributed by atoms with Crippen molar-refractivity contribution in [3.8, 4) is 5.75 Å². The van der Waals surface area contributed by atoms with E-state index in [1.54, 1.807) is 7.11 Å². The minimum Gasteiger partial charge on any atom is -0.491 e. The zero-order valence-electron chi connectivity index (χ0n) is 16.7. The summed E-state index contributed by atoms with van der Waals surface area (Å²) in [5.74, 6) is 2.33. The van der Waals surface area contributed by atoms with Gasteiger partial charge in [0.15, 0.2) is 5.96 Å². The Morgan fingerprint density at radius 2 is 1.81 bits per heavy atom. The average molecular weight is 366 g/mol. The number of nitrogens with zero attached hydrogens (tertiary/aromatic N) is 1. The molecule has 0 saturated heterocycles. The second kappa shape index (κ2) is 14.4. The van der Waals surface area contributed by atoms with E-state index in [0.717, 1.165) is 43.4 Å². The summed E-state index contributed by atoms with van der Waals surface area (Å²) in [7, 11) is 1.66. The summed E-state index contributed by atoms with van der Waals surface area (Å²) < 4.78 is 16.2. The second-order valence-corrected chi connectivity index (χ2v) is 6.40. The molecule has 0 aliphatic heterocycles. The number of guanidine groups is 1. The van der Waals surface area contributed by atoms with Gasteiger partial charge in [-0.3, -0.25) is 0 Å². The van der Waals surface area contributed by atoms with Gasteiger partial charge in [-0.1, -0.05) is 26.0 Å². The Morgan fingerprint density at radius 1 is 1.04 bits per heavy atom. The molecule has 0 atom stereocenters. The van der Waals surface area contributed by atoms with E-state index in [1.165, 1.54) is 0 Å². The molecule has 0 fully saturated rings. The molecule has 0 aliphatic carbocycles. The molecule has 148 valence electrons. The van der Waals surface area contributed by atoms with Crippen molar-refractivity contribution in [1.29, 1.82) is 0 Å². The van der Waals surface area contributed by atoms with Crippen LogP contribution in [0.15, 0.2) is 29.3 Å². The maximum atomic E-state index is 5.62. The summed E-state index contributed by atoms with van der Waals surface area (Å²) in [6.45, 7) is 11.3. The Bertz CT molecular complexity index is 490. The molecule has 0 unspecified atom stereocenters. The van der Waals surface area contributed by atoms with Crippen molar-refractivity contribution in [3.05, 3.63) is 29.8 Å². The van der Waals surface area contributed by atoms with Crippen molar-refractivity contribution in [2.75, 3.05) is 46.6 Å². The quantitative estimate of drug-likeness (QED) is 0.320. The van der Waals surface area contributed by atoms with Crippen molar-refractivity contribution in [2.45, 2.75) is 33.7 Å². The van der Waals surface area contributed by atoms with E-state index < -0.39 is 0 Å². The Kier molecular flexibility index (Phi) is 12.3. The largest absolute Gasteiger partial charge is 0.491 e. The van der Waals surface area contributed by atoms with Crippen LogP contribution in [-0.2, 0) is 16.0 Å². The summed E-state index contributed by atoms with van der Waals surface area (Å²) >= 11 is 0. The first-order valence-electron chi connectivity index (χ1n) is 9.46. The molecule has 0 heterocycles. The van der Waals surface area contributed by atoms with Gasteiger partial charge in [0.05, 0.1) is 19.8 Å². The van der Waals surface area contributed by atoms with Gasteiger partial charge >= 0.3 is 0 Å². The lowest BCUT2D eigenvalue weighted by molar-refractivity contribution is 0.128. The topological polar surface area (TPSA) is 64.1 Å². The van der Waals surface area contributed by atoms with E-state index in [9.17, 15) is 0 Å². The number of benzene rings is 1. The summed E-state index contributed by atoms with van der Waals surface area (Å²) in [4.78, 5) is 4.61. The van der Waals surface area contributed by atoms with Gasteiger partial charge in [0.1, 0.15) is 12.4 Å². The van der Waals surface area contributed by atoms with Crippen molar-refractivity contribution >= 4 is 5.96 Å². The standard InChI is InChI=1S/C20H35N3O3/c1-5-21-20(22-11-13-25-12-10-17(2)3)23-16-18-6-8-19(9-7-18)26-15-14-24-4/h6-9,17H,5,10-16H2,1-4H3,(H2,21,22,23). The Labute approximate surface area is 158 Å². The van der Waals surface area contributed by atoms with E-state index in [1.807, 2.05) is 24.3 Å². The lowest BCUT2D eigenvalue weighted by Crippen LogP contribution is -2.39. The molecule has 0 aliphatic rings. The van der Waals surface area contributed by atoms with Gasteiger partial charge in [-0.2, -0.15) is 0 Å². The van der Waals surface area contributed by atoms with Crippen molar-refractivity contribution in [3.63, 3.8) is 0 Å². The van der Waals surface area contributed by atoms with Crippen LogP contribution in [0.5, 0.6) is 5.75 Å². The third-order valence-corrected chi connectivity index (χ3v) is 3.62. The maximum Gasteiger partial charge on any atom is 0.191 e. The Balaban J connectivity index is 2.35. The first kappa shape index (κ1) is 22.3. The van der Waals surface area contributed by atoms with Crippen LogP contribution >= 0.6 is 0 Å². The van der Waals surface area contributed by atoms with E-state index >= 15 is 0 Å². The predicted octanol–water partition coefficient (Wildman–Crippen LogP) is 2.83. The fraction of sp³-hybridized carbons (Fsp3) is 0.650. The monoisotopic (exact) mass is 365 g/mol. The first-order valence-corrected chi connectivity index (χ1v) is 9.46. The van der Waals surface area contributed by atoms with Gasteiger partial charge in [0, 0.05) is 26.8 Å². The van der Waals surface area contributed by atoms with Crippen LogP contribution in [0.3, 0.4) is 0 Å². The normalized spacial score (nSPS) is 11.7. The molecule has 1 rings (SSSR count). The highest BCUT2D eigenvalue weighted by atomic mass is 16.5. The molecule has 0 saturated carbocycles. The van der Waals surface area contributed by atoms with Gasteiger partial charge in [0.2, 0.25) is 0 Å². The van der Waals surface area contributed by atoms with Gasteiger partial charge < -0.3 is 24.8 Å². The van der Waals surface area contributed by atoms with Crippen molar-refractivity contribution in [2.24, 2.45) is 10.9 Å². The first-order chi connectivity index (χ1) is 12.7. The van der Waals surface area contributed by atoms with E-state index in [2.05, 4.69) is 36.4 Å². The van der Waals surface area contributed by atoms with Crippen molar-refractivity contribution in [1.82, 2.24) is 10.6 Å². The number of hydrogen-bond donors (Lipinski definition) is 2. The Morgan fingerprint density at radius 3 is 2.46 bits per heavy atom. The molecule has 6 heteroatoms. The number of ether oxygens (including phenoxy) is 3. The molecule has 1 aromatic carbocycles. The molecule has 2 N–H and O–H groups in total. The van der Waals surface area contributed by atoms with E-state index in [4.69, 9.17) is 14.2 Å². The van der Waals surface area contributed by atoms with Gasteiger partial charge in [-0.05, 0) is 37.0 Å². The SMILES string of the molecule is CCNC(=NCc1ccc(OCCOC)cc1)NCCOCCC(C)C. The van der Waals surface area contributed by atoms with Crippen LogP contribution in [-0.4, -0.2) is 52.6 Å².